The van der Waals surface area contributed by atoms with Crippen molar-refractivity contribution in [3.05, 3.63) is 83.1 Å². The number of aldehydes is 1. The molecular formula is C22H28O. The molecule has 0 saturated carbocycles. The van der Waals surface area contributed by atoms with Gasteiger partial charge in [-0.05, 0) is 55.4 Å². The van der Waals surface area contributed by atoms with Crippen molar-refractivity contribution < 1.29 is 4.79 Å². The zero-order valence-corrected chi connectivity index (χ0v) is 15.0. The molecule has 1 aliphatic rings. The number of rotatable bonds is 6. The van der Waals surface area contributed by atoms with Crippen molar-refractivity contribution in [2.75, 3.05) is 0 Å². The normalized spacial score (nSPS) is 19.5. The Morgan fingerprint density at radius 3 is 2.39 bits per heavy atom. The third kappa shape index (κ3) is 6.65. The van der Waals surface area contributed by atoms with E-state index in [1.54, 1.807) is 6.08 Å². The van der Waals surface area contributed by atoms with Crippen LogP contribution in [-0.4, -0.2) is 6.29 Å². The van der Waals surface area contributed by atoms with Crippen LogP contribution in [0.25, 0.3) is 0 Å². The molecule has 122 valence electrons. The van der Waals surface area contributed by atoms with Gasteiger partial charge in [-0.25, -0.2) is 0 Å². The summed E-state index contributed by atoms with van der Waals surface area (Å²) in [5.41, 5.74) is 5.12. The summed E-state index contributed by atoms with van der Waals surface area (Å²) >= 11 is 0. The zero-order valence-electron chi connectivity index (χ0n) is 15.0. The highest BCUT2D eigenvalue weighted by atomic mass is 16.1. The van der Waals surface area contributed by atoms with Crippen LogP contribution in [-0.2, 0) is 4.79 Å². The lowest BCUT2D eigenvalue weighted by Crippen LogP contribution is -2.16. The van der Waals surface area contributed by atoms with Crippen molar-refractivity contribution in [2.24, 2.45) is 5.41 Å². The van der Waals surface area contributed by atoms with Gasteiger partial charge >= 0.3 is 0 Å². The van der Waals surface area contributed by atoms with E-state index in [1.165, 1.54) is 16.7 Å². The fourth-order valence-electron chi connectivity index (χ4n) is 2.53. The number of hydrogen-bond acceptors (Lipinski definition) is 1. The van der Waals surface area contributed by atoms with Gasteiger partial charge in [-0.2, -0.15) is 0 Å². The molecule has 0 amide bonds. The van der Waals surface area contributed by atoms with Gasteiger partial charge < -0.3 is 0 Å². The first-order valence-corrected chi connectivity index (χ1v) is 8.06. The lowest BCUT2D eigenvalue weighted by molar-refractivity contribution is -0.104. The number of carbonyl (C=O) groups excluding carboxylic acids is 1. The van der Waals surface area contributed by atoms with Gasteiger partial charge in [-0.15, -0.1) is 0 Å². The molecule has 0 bridgehead atoms. The van der Waals surface area contributed by atoms with E-state index in [1.807, 2.05) is 31.2 Å². The lowest BCUT2D eigenvalue weighted by atomic mass is 9.75. The zero-order chi connectivity index (χ0) is 17.3. The number of hydrogen-bond donors (Lipinski definition) is 0. The molecule has 0 heterocycles. The monoisotopic (exact) mass is 308 g/mol. The van der Waals surface area contributed by atoms with Gasteiger partial charge in [-0.1, -0.05) is 74.1 Å². The van der Waals surface area contributed by atoms with E-state index in [9.17, 15) is 4.79 Å². The summed E-state index contributed by atoms with van der Waals surface area (Å²) in [7, 11) is 0. The van der Waals surface area contributed by atoms with E-state index in [0.717, 1.165) is 18.3 Å². The second kappa shape index (κ2) is 9.09. The van der Waals surface area contributed by atoms with Gasteiger partial charge in [0.1, 0.15) is 6.29 Å². The first-order chi connectivity index (χ1) is 10.9. The van der Waals surface area contributed by atoms with Crippen molar-refractivity contribution >= 4 is 6.29 Å². The maximum Gasteiger partial charge on any atom is 0.143 e. The first kappa shape index (κ1) is 18.9. The third-order valence-electron chi connectivity index (χ3n) is 3.93. The Kier molecular flexibility index (Phi) is 7.47. The fourth-order valence-corrected chi connectivity index (χ4v) is 2.53. The van der Waals surface area contributed by atoms with Crippen LogP contribution in [0.4, 0.5) is 0 Å². The van der Waals surface area contributed by atoms with Crippen LogP contribution in [0.5, 0.6) is 0 Å². The van der Waals surface area contributed by atoms with Gasteiger partial charge in [0.25, 0.3) is 0 Å². The van der Waals surface area contributed by atoms with E-state index >= 15 is 0 Å². The number of allylic oxidation sites excluding steroid dienone is 14. The molecule has 0 aromatic rings. The first-order valence-electron chi connectivity index (χ1n) is 8.06. The Bertz CT molecular complexity index is 629. The minimum Gasteiger partial charge on any atom is -0.299 e. The van der Waals surface area contributed by atoms with Gasteiger partial charge in [0, 0.05) is 0 Å². The quantitative estimate of drug-likeness (QED) is 0.331. The maximum absolute atomic E-state index is 10.3. The molecule has 0 atom stereocenters. The van der Waals surface area contributed by atoms with Crippen molar-refractivity contribution in [3.8, 4) is 0 Å². The summed E-state index contributed by atoms with van der Waals surface area (Å²) in [6, 6.07) is 0. The van der Waals surface area contributed by atoms with E-state index in [2.05, 4.69) is 58.1 Å². The topological polar surface area (TPSA) is 17.1 Å². The summed E-state index contributed by atoms with van der Waals surface area (Å²) in [4.78, 5) is 10.3. The van der Waals surface area contributed by atoms with E-state index in [-0.39, 0.29) is 5.41 Å². The smallest absolute Gasteiger partial charge is 0.143 e. The van der Waals surface area contributed by atoms with Gasteiger partial charge in [0.2, 0.25) is 0 Å². The Balaban J connectivity index is 2.72. The largest absolute Gasteiger partial charge is 0.299 e. The van der Waals surface area contributed by atoms with Crippen LogP contribution >= 0.6 is 0 Å². The van der Waals surface area contributed by atoms with Crippen LogP contribution in [0.15, 0.2) is 83.1 Å². The van der Waals surface area contributed by atoms with Crippen molar-refractivity contribution in [2.45, 2.75) is 41.0 Å². The highest BCUT2D eigenvalue weighted by Crippen LogP contribution is 2.37. The molecule has 0 radical (unpaired) electrons. The van der Waals surface area contributed by atoms with E-state index in [4.69, 9.17) is 0 Å². The fraction of sp³-hybridized carbons (Fsp3) is 0.318. The van der Waals surface area contributed by atoms with Gasteiger partial charge in [0.15, 0.2) is 0 Å². The van der Waals surface area contributed by atoms with Crippen LogP contribution in [0.1, 0.15) is 41.0 Å². The molecule has 1 rings (SSSR count). The molecule has 1 nitrogen and oxygen atoms in total. The Labute approximate surface area is 141 Å². The SMILES string of the molecule is CC1=C(/C=C/C(C)=C/C=C/C=C/C(C)=C/C=O)C(C)(C)CC=C1. The van der Waals surface area contributed by atoms with Crippen molar-refractivity contribution in [3.63, 3.8) is 0 Å². The lowest BCUT2D eigenvalue weighted by Gasteiger charge is -2.29. The summed E-state index contributed by atoms with van der Waals surface area (Å²) in [5.74, 6) is 0. The molecule has 0 N–H and O–H groups in total. The Hall–Kier alpha value is -2.15. The Morgan fingerprint density at radius 1 is 1.04 bits per heavy atom. The average molecular weight is 308 g/mol. The molecule has 0 saturated heterocycles. The molecule has 0 fully saturated rings. The summed E-state index contributed by atoms with van der Waals surface area (Å²) in [6.45, 7) is 10.8. The standard InChI is InChI=1S/C22H28O/c1-18(10-7-6-8-11-19(2)15-17-23)13-14-21-20(3)12-9-16-22(21,4)5/h6-15,17H,16H2,1-5H3/b7-6+,11-8+,14-13+,18-10+,19-15+. The summed E-state index contributed by atoms with van der Waals surface area (Å²) in [5, 5.41) is 0. The molecule has 0 aromatic carbocycles. The van der Waals surface area contributed by atoms with Crippen LogP contribution in [0.3, 0.4) is 0 Å². The maximum atomic E-state index is 10.3. The minimum atomic E-state index is 0.205. The van der Waals surface area contributed by atoms with Gasteiger partial charge in [-0.3, -0.25) is 4.79 Å². The second-order valence-electron chi connectivity index (χ2n) is 6.62. The molecule has 1 aliphatic carbocycles. The van der Waals surface area contributed by atoms with E-state index < -0.39 is 0 Å². The molecule has 1 heteroatoms. The molecule has 0 aliphatic heterocycles. The summed E-state index contributed by atoms with van der Waals surface area (Å²) in [6.07, 6.45) is 22.2. The van der Waals surface area contributed by atoms with Crippen LogP contribution in [0, 0.1) is 5.41 Å². The minimum absolute atomic E-state index is 0.205. The molecular weight excluding hydrogens is 280 g/mol. The molecule has 0 unspecified atom stereocenters. The summed E-state index contributed by atoms with van der Waals surface area (Å²) < 4.78 is 0. The predicted octanol–water partition coefficient (Wildman–Crippen LogP) is 6.05. The highest BCUT2D eigenvalue weighted by molar-refractivity contribution is 5.66. The molecule has 0 aromatic heterocycles. The average Bonchev–Trinajstić information content (AvgIpc) is 2.46. The molecule has 23 heavy (non-hydrogen) atoms. The molecule has 0 spiro atoms. The van der Waals surface area contributed by atoms with Crippen LogP contribution in [0.2, 0.25) is 0 Å². The predicted molar refractivity (Wildman–Crippen MR) is 101 cm³/mol. The second-order valence-corrected chi connectivity index (χ2v) is 6.62. The number of carbonyl (C=O) groups is 1. The van der Waals surface area contributed by atoms with Crippen molar-refractivity contribution in [1.82, 2.24) is 0 Å². The van der Waals surface area contributed by atoms with E-state index in [0.29, 0.717) is 0 Å². The highest BCUT2D eigenvalue weighted by Gasteiger charge is 2.23. The van der Waals surface area contributed by atoms with Crippen LogP contribution < -0.4 is 0 Å². The van der Waals surface area contributed by atoms with Crippen molar-refractivity contribution in [1.29, 1.82) is 0 Å². The van der Waals surface area contributed by atoms with Gasteiger partial charge in [0.05, 0.1) is 0 Å². The third-order valence-corrected chi connectivity index (χ3v) is 3.93. The Morgan fingerprint density at radius 2 is 1.74 bits per heavy atom.